The number of nitrogens with one attached hydrogen (secondary N) is 3. The summed E-state index contributed by atoms with van der Waals surface area (Å²) in [4.78, 5) is 35.4. The number of anilines is 2. The van der Waals surface area contributed by atoms with Gasteiger partial charge < -0.3 is 10.6 Å². The van der Waals surface area contributed by atoms with Crippen molar-refractivity contribution in [3.05, 3.63) is 83.5 Å². The maximum absolute atomic E-state index is 12.9. The number of amides is 2. The minimum atomic E-state index is -0.363. The summed E-state index contributed by atoms with van der Waals surface area (Å²) in [6, 6.07) is 13.4. The zero-order valence-corrected chi connectivity index (χ0v) is 22.2. The predicted molar refractivity (Wildman–Crippen MR) is 151 cm³/mol. The highest BCUT2D eigenvalue weighted by Crippen LogP contribution is 2.39. The van der Waals surface area contributed by atoms with Gasteiger partial charge in [-0.2, -0.15) is 5.10 Å². The number of hydrogen-bond acceptors (Lipinski definition) is 5. The Labute approximate surface area is 228 Å². The van der Waals surface area contributed by atoms with Crippen LogP contribution in [0, 0.1) is 12.5 Å². The van der Waals surface area contributed by atoms with E-state index in [0.717, 1.165) is 35.3 Å². The van der Waals surface area contributed by atoms with Gasteiger partial charge in [-0.3, -0.25) is 19.5 Å². The molecular formula is C30H33N7O2. The van der Waals surface area contributed by atoms with Crippen molar-refractivity contribution >= 4 is 23.5 Å². The smallest absolute Gasteiger partial charge is 0.280 e. The van der Waals surface area contributed by atoms with Crippen LogP contribution in [0.4, 0.5) is 11.6 Å². The van der Waals surface area contributed by atoms with Crippen LogP contribution in [0.3, 0.4) is 0 Å². The van der Waals surface area contributed by atoms with Crippen LogP contribution < -0.4 is 10.6 Å². The van der Waals surface area contributed by atoms with E-state index in [-0.39, 0.29) is 23.9 Å². The largest absolute Gasteiger partial charge is 0.309 e. The molecule has 3 aromatic rings. The zero-order valence-electron chi connectivity index (χ0n) is 22.2. The molecule has 1 saturated carbocycles. The quantitative estimate of drug-likeness (QED) is 0.265. The Morgan fingerprint density at radius 2 is 2.03 bits per heavy atom. The minimum Gasteiger partial charge on any atom is -0.309 e. The highest BCUT2D eigenvalue weighted by atomic mass is 16.2. The second kappa shape index (κ2) is 11.6. The van der Waals surface area contributed by atoms with Crippen LogP contribution in [-0.4, -0.2) is 51.2 Å². The third-order valence-electron chi connectivity index (χ3n) is 7.33. The Morgan fingerprint density at radius 3 is 2.77 bits per heavy atom. The lowest BCUT2D eigenvalue weighted by Gasteiger charge is -2.13. The van der Waals surface area contributed by atoms with Gasteiger partial charge in [0.05, 0.1) is 5.92 Å². The number of H-pyrrole nitrogens is 1. The fourth-order valence-electron chi connectivity index (χ4n) is 4.92. The molecule has 2 aliphatic rings. The third kappa shape index (κ3) is 6.59. The van der Waals surface area contributed by atoms with Gasteiger partial charge in [-0.15, -0.1) is 0 Å². The molecule has 3 heterocycles. The Bertz CT molecular complexity index is 1400. The number of carbonyl (C=O) groups excluding carboxylic acids is 2. The SMILES string of the molecule is [C-]#[N+][C@@H]1C[C@H](C)CN1C/C=C/C(=O)Nc1ccc(-c2cccc([C@H](C)C(=O)Nc3cc(C4CC4)[nH]n3)c2)cn1. The number of nitrogens with zero attached hydrogens (tertiary/aromatic N) is 4. The first-order chi connectivity index (χ1) is 18.9. The van der Waals surface area contributed by atoms with Gasteiger partial charge in [-0.1, -0.05) is 37.3 Å². The molecule has 3 N–H and O–H groups in total. The summed E-state index contributed by atoms with van der Waals surface area (Å²) in [5, 5.41) is 12.9. The molecule has 5 rings (SSSR count). The Morgan fingerprint density at radius 1 is 1.18 bits per heavy atom. The predicted octanol–water partition coefficient (Wildman–Crippen LogP) is 5.17. The van der Waals surface area contributed by atoms with Crippen molar-refractivity contribution in [3.8, 4) is 11.1 Å². The molecule has 39 heavy (non-hydrogen) atoms. The number of aromatic amines is 1. The average molecular weight is 524 g/mol. The molecule has 1 aliphatic heterocycles. The molecule has 200 valence electrons. The van der Waals surface area contributed by atoms with E-state index < -0.39 is 0 Å². The molecule has 2 aromatic heterocycles. The van der Waals surface area contributed by atoms with Crippen molar-refractivity contribution in [1.29, 1.82) is 0 Å². The number of rotatable bonds is 9. The molecule has 0 unspecified atom stereocenters. The first-order valence-electron chi connectivity index (χ1n) is 13.4. The average Bonchev–Trinajstić information content (AvgIpc) is 3.58. The Kier molecular flexibility index (Phi) is 7.84. The summed E-state index contributed by atoms with van der Waals surface area (Å²) in [6.07, 6.45) is 8.10. The Balaban J connectivity index is 1.16. The lowest BCUT2D eigenvalue weighted by Crippen LogP contribution is -2.27. The van der Waals surface area contributed by atoms with Crippen LogP contribution in [0.2, 0.25) is 0 Å². The van der Waals surface area contributed by atoms with Gasteiger partial charge in [-0.25, -0.2) is 16.5 Å². The molecule has 1 aromatic carbocycles. The molecule has 9 heteroatoms. The minimum absolute atomic E-state index is 0.103. The lowest BCUT2D eigenvalue weighted by molar-refractivity contribution is -0.117. The maximum Gasteiger partial charge on any atom is 0.280 e. The van der Waals surface area contributed by atoms with Crippen molar-refractivity contribution < 1.29 is 9.59 Å². The van der Waals surface area contributed by atoms with E-state index in [2.05, 4.69) is 42.5 Å². The first kappa shape index (κ1) is 26.3. The summed E-state index contributed by atoms with van der Waals surface area (Å²) in [5.74, 6) is 1.31. The molecule has 0 spiro atoms. The van der Waals surface area contributed by atoms with E-state index in [1.54, 1.807) is 18.3 Å². The van der Waals surface area contributed by atoms with Gasteiger partial charge in [0.15, 0.2) is 5.82 Å². The van der Waals surface area contributed by atoms with Crippen LogP contribution in [0.5, 0.6) is 0 Å². The second-order valence-electron chi connectivity index (χ2n) is 10.5. The fraction of sp³-hybridized carbons (Fsp3) is 0.367. The molecule has 0 radical (unpaired) electrons. The summed E-state index contributed by atoms with van der Waals surface area (Å²) >= 11 is 0. The van der Waals surface area contributed by atoms with Crippen molar-refractivity contribution in [3.63, 3.8) is 0 Å². The molecular weight excluding hydrogens is 490 g/mol. The van der Waals surface area contributed by atoms with E-state index in [4.69, 9.17) is 6.57 Å². The van der Waals surface area contributed by atoms with Crippen molar-refractivity contribution in [1.82, 2.24) is 20.1 Å². The van der Waals surface area contributed by atoms with E-state index >= 15 is 0 Å². The van der Waals surface area contributed by atoms with Gasteiger partial charge in [0.1, 0.15) is 5.82 Å². The third-order valence-corrected chi connectivity index (χ3v) is 7.33. The molecule has 0 bridgehead atoms. The molecule has 3 atom stereocenters. The van der Waals surface area contributed by atoms with Crippen LogP contribution in [0.25, 0.3) is 16.0 Å². The standard InChI is InChI=1S/C30H33N7O2/c1-19-14-28(31-3)37(18-19)13-5-8-29(38)33-26-12-11-24(17-32-26)23-7-4-6-22(15-23)20(2)30(39)34-27-16-25(35-36-27)21-9-10-21/h4-8,11-12,15-17,19-21,28H,9-10,13-14,18H2,1-2H3,(H,32,33,38)(H2,34,35,36,39)/b8-5+/t19-,20-,28-/m0/s1. The Hall–Kier alpha value is -4.29. The van der Waals surface area contributed by atoms with E-state index in [9.17, 15) is 9.59 Å². The number of aromatic nitrogens is 3. The van der Waals surface area contributed by atoms with Gasteiger partial charge in [0, 0.05) is 55.0 Å². The second-order valence-corrected chi connectivity index (χ2v) is 10.5. The first-order valence-corrected chi connectivity index (χ1v) is 13.4. The van der Waals surface area contributed by atoms with Gasteiger partial charge in [-0.05, 0) is 48.9 Å². The number of carbonyl (C=O) groups is 2. The number of benzene rings is 1. The van der Waals surface area contributed by atoms with Crippen LogP contribution in [0.15, 0.2) is 60.8 Å². The van der Waals surface area contributed by atoms with Crippen molar-refractivity contribution in [2.75, 3.05) is 23.7 Å². The number of pyridine rings is 1. The molecule has 1 aliphatic carbocycles. The zero-order chi connectivity index (χ0) is 27.4. The van der Waals surface area contributed by atoms with Gasteiger partial charge in [0.25, 0.3) is 6.17 Å². The monoisotopic (exact) mass is 523 g/mol. The summed E-state index contributed by atoms with van der Waals surface area (Å²) in [6.45, 7) is 12.8. The molecule has 9 nitrogen and oxygen atoms in total. The summed E-state index contributed by atoms with van der Waals surface area (Å²) < 4.78 is 0. The maximum atomic E-state index is 12.9. The topological polar surface area (TPSA) is 107 Å². The van der Waals surface area contributed by atoms with Crippen LogP contribution in [-0.2, 0) is 9.59 Å². The normalized spacial score (nSPS) is 20.0. The summed E-state index contributed by atoms with van der Waals surface area (Å²) in [5.41, 5.74) is 3.78. The van der Waals surface area contributed by atoms with Crippen molar-refractivity contribution in [2.24, 2.45) is 5.92 Å². The summed E-state index contributed by atoms with van der Waals surface area (Å²) in [7, 11) is 0. The molecule has 2 amide bonds. The highest BCUT2D eigenvalue weighted by Gasteiger charge is 2.32. The number of likely N-dealkylation sites (tertiary alicyclic amines) is 1. The van der Waals surface area contributed by atoms with Gasteiger partial charge >= 0.3 is 0 Å². The highest BCUT2D eigenvalue weighted by molar-refractivity contribution is 5.98. The molecule has 1 saturated heterocycles. The van der Waals surface area contributed by atoms with E-state index in [0.29, 0.717) is 30.0 Å². The van der Waals surface area contributed by atoms with Gasteiger partial charge in [0.2, 0.25) is 11.8 Å². The fourth-order valence-corrected chi connectivity index (χ4v) is 4.92. The van der Waals surface area contributed by atoms with Crippen LogP contribution >= 0.6 is 0 Å². The lowest BCUT2D eigenvalue weighted by atomic mass is 9.96. The van der Waals surface area contributed by atoms with E-state index in [1.165, 1.54) is 18.9 Å². The van der Waals surface area contributed by atoms with Crippen LogP contribution in [0.1, 0.15) is 56.2 Å². The number of hydrogen-bond donors (Lipinski definition) is 3. The molecule has 2 fully saturated rings. The van der Waals surface area contributed by atoms with Crippen molar-refractivity contribution in [2.45, 2.75) is 51.1 Å². The van der Waals surface area contributed by atoms with E-state index in [1.807, 2.05) is 43.3 Å².